The third-order valence-corrected chi connectivity index (χ3v) is 3.25. The van der Waals surface area contributed by atoms with Crippen molar-refractivity contribution in [3.8, 4) is 0 Å². The van der Waals surface area contributed by atoms with Crippen molar-refractivity contribution in [1.29, 1.82) is 0 Å². The van der Waals surface area contributed by atoms with Crippen molar-refractivity contribution in [2.45, 2.75) is 26.6 Å². The van der Waals surface area contributed by atoms with E-state index in [9.17, 15) is 22.0 Å². The molecule has 2 rings (SSSR count). The second-order valence-electron chi connectivity index (χ2n) is 5.02. The van der Waals surface area contributed by atoms with E-state index in [0.717, 1.165) is 18.5 Å². The van der Waals surface area contributed by atoms with Crippen molar-refractivity contribution < 1.29 is 22.0 Å². The van der Waals surface area contributed by atoms with Gasteiger partial charge in [-0.05, 0) is 31.5 Å². The molecule has 1 aromatic carbocycles. The van der Waals surface area contributed by atoms with Crippen LogP contribution in [-0.2, 0) is 12.7 Å². The normalized spacial score (nSPS) is 11.6. The van der Waals surface area contributed by atoms with Crippen LogP contribution in [0.15, 0.2) is 24.5 Å². The van der Waals surface area contributed by atoms with E-state index in [1.54, 1.807) is 19.9 Å². The van der Waals surface area contributed by atoms with Crippen molar-refractivity contribution in [3.05, 3.63) is 53.0 Å². The van der Waals surface area contributed by atoms with Gasteiger partial charge in [0, 0.05) is 13.1 Å². The van der Waals surface area contributed by atoms with Gasteiger partial charge in [0.1, 0.15) is 6.33 Å². The van der Waals surface area contributed by atoms with E-state index >= 15 is 0 Å². The van der Waals surface area contributed by atoms with E-state index in [0.29, 0.717) is 11.1 Å². The molecule has 0 aliphatic rings. The Morgan fingerprint density at radius 2 is 1.78 bits per heavy atom. The zero-order valence-electron chi connectivity index (χ0n) is 12.5. The van der Waals surface area contributed by atoms with E-state index in [1.807, 2.05) is 0 Å². The molecule has 23 heavy (non-hydrogen) atoms. The lowest BCUT2D eigenvalue weighted by atomic mass is 10.1. The van der Waals surface area contributed by atoms with Gasteiger partial charge in [-0.2, -0.15) is 22.0 Å². The summed E-state index contributed by atoms with van der Waals surface area (Å²) in [5.41, 5.74) is -0.0179. The zero-order chi connectivity index (χ0) is 17.2. The van der Waals surface area contributed by atoms with Crippen molar-refractivity contribution in [3.63, 3.8) is 0 Å². The van der Waals surface area contributed by atoms with Gasteiger partial charge in [-0.25, -0.2) is 9.97 Å². The molecular weight excluding hydrogens is 317 g/mol. The van der Waals surface area contributed by atoms with E-state index in [1.165, 1.54) is 4.90 Å². The summed E-state index contributed by atoms with van der Waals surface area (Å²) in [6.45, 7) is 3.41. The molecule has 3 nitrogen and oxygen atoms in total. The Balaban J connectivity index is 2.36. The topological polar surface area (TPSA) is 29.0 Å². The van der Waals surface area contributed by atoms with Gasteiger partial charge in [0.2, 0.25) is 5.82 Å². The SMILES string of the molecule is CCN(Cc1cc(C)cc(C(F)(F)F)c1)c1ncnc(F)c1F. The minimum absolute atomic E-state index is 0.0331. The van der Waals surface area contributed by atoms with Gasteiger partial charge in [0.25, 0.3) is 5.95 Å². The first-order valence-electron chi connectivity index (χ1n) is 6.81. The van der Waals surface area contributed by atoms with Crippen LogP contribution in [-0.4, -0.2) is 16.5 Å². The van der Waals surface area contributed by atoms with Crippen LogP contribution >= 0.6 is 0 Å². The van der Waals surface area contributed by atoms with Crippen LogP contribution in [0.4, 0.5) is 27.8 Å². The summed E-state index contributed by atoms with van der Waals surface area (Å²) in [5, 5.41) is 0. The largest absolute Gasteiger partial charge is 0.416 e. The highest BCUT2D eigenvalue weighted by Gasteiger charge is 2.31. The number of nitrogens with zero attached hydrogens (tertiary/aromatic N) is 3. The van der Waals surface area contributed by atoms with Crippen LogP contribution in [0.25, 0.3) is 0 Å². The maximum Gasteiger partial charge on any atom is 0.416 e. The third kappa shape index (κ3) is 3.94. The lowest BCUT2D eigenvalue weighted by molar-refractivity contribution is -0.137. The number of rotatable bonds is 4. The van der Waals surface area contributed by atoms with Crippen LogP contribution in [0.5, 0.6) is 0 Å². The summed E-state index contributed by atoms with van der Waals surface area (Å²) in [7, 11) is 0. The number of alkyl halides is 3. The molecule has 1 heterocycles. The van der Waals surface area contributed by atoms with Gasteiger partial charge in [-0.1, -0.05) is 11.6 Å². The Morgan fingerprint density at radius 1 is 1.09 bits per heavy atom. The summed E-state index contributed by atoms with van der Waals surface area (Å²) in [6, 6.07) is 3.59. The van der Waals surface area contributed by atoms with Gasteiger partial charge >= 0.3 is 6.18 Å². The van der Waals surface area contributed by atoms with Crippen molar-refractivity contribution >= 4 is 5.82 Å². The molecule has 0 unspecified atom stereocenters. The van der Waals surface area contributed by atoms with Crippen molar-refractivity contribution in [2.75, 3.05) is 11.4 Å². The maximum atomic E-state index is 13.8. The minimum Gasteiger partial charge on any atom is -0.350 e. The van der Waals surface area contributed by atoms with Gasteiger partial charge in [0.05, 0.1) is 5.56 Å². The highest BCUT2D eigenvalue weighted by molar-refractivity contribution is 5.41. The number of aryl methyl sites for hydroxylation is 1. The fourth-order valence-corrected chi connectivity index (χ4v) is 2.23. The monoisotopic (exact) mass is 331 g/mol. The molecule has 124 valence electrons. The first-order valence-corrected chi connectivity index (χ1v) is 6.81. The highest BCUT2D eigenvalue weighted by atomic mass is 19.4. The Kier molecular flexibility index (Phi) is 4.82. The number of aromatic nitrogens is 2. The first-order chi connectivity index (χ1) is 10.7. The van der Waals surface area contributed by atoms with E-state index < -0.39 is 23.5 Å². The second kappa shape index (κ2) is 6.47. The Morgan fingerprint density at radius 3 is 2.39 bits per heavy atom. The van der Waals surface area contributed by atoms with Crippen LogP contribution < -0.4 is 4.90 Å². The van der Waals surface area contributed by atoms with E-state index in [4.69, 9.17) is 0 Å². The number of halogens is 5. The number of hydrogen-bond donors (Lipinski definition) is 0. The van der Waals surface area contributed by atoms with Crippen molar-refractivity contribution in [2.24, 2.45) is 0 Å². The van der Waals surface area contributed by atoms with Gasteiger partial charge in [-0.3, -0.25) is 0 Å². The molecule has 8 heteroatoms. The quantitative estimate of drug-likeness (QED) is 0.624. The molecular formula is C15H14F5N3. The fraction of sp³-hybridized carbons (Fsp3) is 0.333. The molecule has 0 saturated heterocycles. The van der Waals surface area contributed by atoms with E-state index in [2.05, 4.69) is 9.97 Å². The smallest absolute Gasteiger partial charge is 0.350 e. The predicted octanol–water partition coefficient (Wildman–Crippen LogP) is 4.11. The van der Waals surface area contributed by atoms with Crippen LogP contribution in [0.3, 0.4) is 0 Å². The molecule has 0 amide bonds. The lowest BCUT2D eigenvalue weighted by Crippen LogP contribution is -2.25. The van der Waals surface area contributed by atoms with Gasteiger partial charge < -0.3 is 4.90 Å². The van der Waals surface area contributed by atoms with Crippen molar-refractivity contribution in [1.82, 2.24) is 9.97 Å². The molecule has 0 fully saturated rings. The summed E-state index contributed by atoms with van der Waals surface area (Å²) >= 11 is 0. The summed E-state index contributed by atoms with van der Waals surface area (Å²) < 4.78 is 65.6. The molecule has 0 N–H and O–H groups in total. The molecule has 2 aromatic rings. The van der Waals surface area contributed by atoms with Crippen LogP contribution in [0.1, 0.15) is 23.6 Å². The maximum absolute atomic E-state index is 13.8. The lowest BCUT2D eigenvalue weighted by Gasteiger charge is -2.23. The minimum atomic E-state index is -4.47. The zero-order valence-corrected chi connectivity index (χ0v) is 12.5. The number of benzene rings is 1. The standard InChI is InChI=1S/C15H14F5N3/c1-3-23(14-12(16)13(17)21-8-22-14)7-10-4-9(2)5-11(6-10)15(18,19)20/h4-6,8H,3,7H2,1-2H3. The highest BCUT2D eigenvalue weighted by Crippen LogP contribution is 2.31. The fourth-order valence-electron chi connectivity index (χ4n) is 2.23. The van der Waals surface area contributed by atoms with Gasteiger partial charge in [0.15, 0.2) is 5.82 Å². The predicted molar refractivity (Wildman–Crippen MR) is 74.9 cm³/mol. The molecule has 1 aromatic heterocycles. The molecule has 0 spiro atoms. The number of hydrogen-bond acceptors (Lipinski definition) is 3. The molecule has 0 bridgehead atoms. The molecule has 0 aliphatic heterocycles. The average molecular weight is 331 g/mol. The average Bonchev–Trinajstić information content (AvgIpc) is 2.46. The Labute approximate surface area is 129 Å². The molecule has 0 radical (unpaired) electrons. The van der Waals surface area contributed by atoms with Crippen LogP contribution in [0, 0.1) is 18.7 Å². The van der Waals surface area contributed by atoms with Gasteiger partial charge in [-0.15, -0.1) is 0 Å². The molecule has 0 saturated carbocycles. The Hall–Kier alpha value is -2.25. The van der Waals surface area contributed by atoms with E-state index in [-0.39, 0.29) is 18.9 Å². The molecule has 0 aliphatic carbocycles. The Bertz CT molecular complexity index is 700. The van der Waals surface area contributed by atoms with Crippen LogP contribution in [0.2, 0.25) is 0 Å². The molecule has 0 atom stereocenters. The summed E-state index contributed by atoms with van der Waals surface area (Å²) in [5.74, 6) is -2.80. The second-order valence-corrected chi connectivity index (χ2v) is 5.02. The summed E-state index contributed by atoms with van der Waals surface area (Å²) in [4.78, 5) is 8.12. The first kappa shape index (κ1) is 17.1. The third-order valence-electron chi connectivity index (χ3n) is 3.25. The number of anilines is 1. The summed E-state index contributed by atoms with van der Waals surface area (Å²) in [6.07, 6.45) is -3.60.